The van der Waals surface area contributed by atoms with Gasteiger partial charge in [-0.1, -0.05) is 107 Å². The summed E-state index contributed by atoms with van der Waals surface area (Å²) in [7, 11) is -1.31. The van der Waals surface area contributed by atoms with E-state index < -0.39 is 8.80 Å². The maximum absolute atomic E-state index is 2.26. The topological polar surface area (TPSA) is 0 Å². The van der Waals surface area contributed by atoms with Crippen molar-refractivity contribution in [2.45, 2.75) is 0 Å². The summed E-state index contributed by atoms with van der Waals surface area (Å²) < 4.78 is 0. The number of halogens is 2. The van der Waals surface area contributed by atoms with Crippen LogP contribution in [-0.2, 0) is 0 Å². The molecule has 0 heterocycles. The third-order valence-corrected chi connectivity index (χ3v) is 6.55. The van der Waals surface area contributed by atoms with Gasteiger partial charge >= 0.3 is 18.9 Å². The Morgan fingerprint density at radius 2 is 0.636 bits per heavy atom. The fourth-order valence-electron chi connectivity index (χ4n) is 2.51. The van der Waals surface area contributed by atoms with Gasteiger partial charge in [0.05, 0.1) is 0 Å². The molecule has 0 unspecified atom stereocenters. The fraction of sp³-hybridized carbons (Fsp3) is 0. The van der Waals surface area contributed by atoms with Gasteiger partial charge in [-0.05, 0) is 0 Å². The van der Waals surface area contributed by atoms with Crippen LogP contribution in [0.2, 0.25) is 0 Å². The first-order valence-electron chi connectivity index (χ1n) is 6.60. The summed E-state index contributed by atoms with van der Waals surface area (Å²) >= 11 is 0. The molecule has 110 valence electrons. The average Bonchev–Trinajstić information content (AvgIpc) is 2.51. The molecule has 0 N–H and O–H groups in total. The van der Waals surface area contributed by atoms with Crippen LogP contribution in [0, 0.1) is 0 Å². The Morgan fingerprint density at radius 3 is 0.864 bits per heavy atom. The molecule has 3 aromatic rings. The molecule has 0 aromatic heterocycles. The van der Waals surface area contributed by atoms with E-state index in [-0.39, 0.29) is 28.3 Å². The summed E-state index contributed by atoms with van der Waals surface area (Å²) in [4.78, 5) is 0. The maximum Gasteiger partial charge on any atom is 0.132 e. The van der Waals surface area contributed by atoms with Gasteiger partial charge in [-0.3, -0.25) is 9.41 Å². The van der Waals surface area contributed by atoms with Gasteiger partial charge in [0.1, 0.15) is 8.80 Å². The molecule has 0 bridgehead atoms. The summed E-state index contributed by atoms with van der Waals surface area (Å²) in [6, 6.07) is 32.7. The van der Waals surface area contributed by atoms with Crippen LogP contribution in [0.3, 0.4) is 0 Å². The molecule has 0 saturated heterocycles. The van der Waals surface area contributed by atoms with Gasteiger partial charge in [0, 0.05) is 0 Å². The molecule has 0 radical (unpaired) electrons. The summed E-state index contributed by atoms with van der Waals surface area (Å²) in [6.45, 7) is 0. The van der Waals surface area contributed by atoms with E-state index in [1.165, 1.54) is 15.6 Å². The minimum Gasteiger partial charge on any atom is -0.0625 e. The maximum atomic E-state index is 2.26. The van der Waals surface area contributed by atoms with Crippen LogP contribution in [0.25, 0.3) is 0 Å². The van der Waals surface area contributed by atoms with Crippen molar-refractivity contribution < 1.29 is 9.41 Å². The zero-order chi connectivity index (χ0) is 12.9. The van der Waals surface area contributed by atoms with Gasteiger partial charge in [-0.25, -0.2) is 0 Å². The largest absolute Gasteiger partial charge is 0.132 e. The summed E-state index contributed by atoms with van der Waals surface area (Å²) in [5.41, 5.74) is 0. The summed E-state index contributed by atoms with van der Waals surface area (Å²) in [5, 5.41) is 4.42. The predicted octanol–water partition coefficient (Wildman–Crippen LogP) is 1.59. The third kappa shape index (κ3) is 4.67. The second-order valence-electron chi connectivity index (χ2n) is 4.67. The van der Waals surface area contributed by atoms with Gasteiger partial charge in [0.25, 0.3) is 0 Å². The molecule has 22 heavy (non-hydrogen) atoms. The molecule has 0 saturated carbocycles. The van der Waals surface area contributed by atoms with Crippen LogP contribution in [0.1, 0.15) is 0 Å². The van der Waals surface area contributed by atoms with E-state index in [4.69, 9.17) is 0 Å². The standard InChI is InChI=1S/C18H16Si.2FH.Li.H/c1-4-10-16(11-5-1)19(17-12-6-2-7-13-17)18-14-8-3-9-15-18;;;;/h1-15,19H;2*1H;;. The van der Waals surface area contributed by atoms with Crippen molar-refractivity contribution in [3.63, 3.8) is 0 Å². The quantitative estimate of drug-likeness (QED) is 0.509. The SMILES string of the molecule is F.F.[LiH].c1ccc([SiH](c2ccccc2)c2ccccc2)cc1. The first kappa shape index (κ1) is 20.3. The Labute approximate surface area is 143 Å². The van der Waals surface area contributed by atoms with Crippen molar-refractivity contribution in [2.75, 3.05) is 0 Å². The molecule has 0 aliphatic heterocycles. The molecular weight excluding hydrogens is 289 g/mol. The van der Waals surface area contributed by atoms with E-state index in [0.717, 1.165) is 0 Å². The Kier molecular flexibility index (Phi) is 9.36. The Balaban J connectivity index is 0.00000147. The first-order chi connectivity index (χ1) is 9.45. The second-order valence-corrected chi connectivity index (χ2v) is 7.53. The minimum absolute atomic E-state index is 0. The van der Waals surface area contributed by atoms with Gasteiger partial charge in [-0.15, -0.1) is 0 Å². The zero-order valence-electron chi connectivity index (χ0n) is 11.6. The molecule has 0 spiro atoms. The first-order valence-corrected chi connectivity index (χ1v) is 8.33. The molecule has 0 fully saturated rings. The van der Waals surface area contributed by atoms with Crippen molar-refractivity contribution >= 4 is 43.2 Å². The van der Waals surface area contributed by atoms with Gasteiger partial charge in [0.2, 0.25) is 0 Å². The smallest absolute Gasteiger partial charge is 0.0625 e. The molecule has 3 rings (SSSR count). The van der Waals surface area contributed by atoms with Crippen LogP contribution in [0.15, 0.2) is 91.0 Å². The summed E-state index contributed by atoms with van der Waals surface area (Å²) in [6.07, 6.45) is 0. The van der Waals surface area contributed by atoms with Gasteiger partial charge < -0.3 is 0 Å². The van der Waals surface area contributed by atoms with Crippen LogP contribution in [-0.4, -0.2) is 27.7 Å². The molecular formula is C18H19F2LiSi. The Bertz CT molecular complexity index is 539. The number of hydrogen-bond acceptors (Lipinski definition) is 0. The van der Waals surface area contributed by atoms with E-state index in [0.29, 0.717) is 0 Å². The van der Waals surface area contributed by atoms with Crippen molar-refractivity contribution in [2.24, 2.45) is 0 Å². The van der Waals surface area contributed by atoms with E-state index in [9.17, 15) is 0 Å². The average molecular weight is 308 g/mol. The Hall–Kier alpha value is -1.67. The normalized spacial score (nSPS) is 9.14. The van der Waals surface area contributed by atoms with E-state index in [1.807, 2.05) is 0 Å². The molecule has 0 atom stereocenters. The zero-order valence-corrected chi connectivity index (χ0v) is 12.7. The fourth-order valence-corrected chi connectivity index (χ4v) is 5.49. The van der Waals surface area contributed by atoms with Crippen molar-refractivity contribution in [3.05, 3.63) is 91.0 Å². The van der Waals surface area contributed by atoms with Gasteiger partial charge in [0.15, 0.2) is 0 Å². The van der Waals surface area contributed by atoms with Crippen LogP contribution < -0.4 is 15.6 Å². The second kappa shape index (κ2) is 10.1. The number of rotatable bonds is 3. The number of benzene rings is 3. The third-order valence-electron chi connectivity index (χ3n) is 3.40. The molecule has 4 heteroatoms. The summed E-state index contributed by atoms with van der Waals surface area (Å²) in [5.74, 6) is 0. The van der Waals surface area contributed by atoms with E-state index in [2.05, 4.69) is 91.0 Å². The van der Waals surface area contributed by atoms with Crippen molar-refractivity contribution in [3.8, 4) is 0 Å². The van der Waals surface area contributed by atoms with Gasteiger partial charge in [-0.2, -0.15) is 0 Å². The Morgan fingerprint density at radius 1 is 0.409 bits per heavy atom. The minimum atomic E-state index is -1.31. The predicted molar refractivity (Wildman–Crippen MR) is 97.5 cm³/mol. The molecule has 0 amide bonds. The van der Waals surface area contributed by atoms with Crippen LogP contribution >= 0.6 is 0 Å². The molecule has 0 aliphatic carbocycles. The molecule has 0 aliphatic rings. The molecule has 3 aromatic carbocycles. The monoisotopic (exact) mass is 308 g/mol. The van der Waals surface area contributed by atoms with E-state index >= 15 is 0 Å². The van der Waals surface area contributed by atoms with Crippen LogP contribution in [0.4, 0.5) is 9.41 Å². The molecule has 0 nitrogen and oxygen atoms in total. The van der Waals surface area contributed by atoms with Crippen molar-refractivity contribution in [1.82, 2.24) is 0 Å². The van der Waals surface area contributed by atoms with Crippen LogP contribution in [0.5, 0.6) is 0 Å². The number of hydrogen-bond donors (Lipinski definition) is 0. The van der Waals surface area contributed by atoms with E-state index in [1.54, 1.807) is 0 Å². The van der Waals surface area contributed by atoms with Crippen molar-refractivity contribution in [1.29, 1.82) is 0 Å².